The minimum Gasteiger partial charge on any atom is -0.378 e. The van der Waals surface area contributed by atoms with E-state index in [9.17, 15) is 13.6 Å². The number of nitrogens with zero attached hydrogens (tertiary/aromatic N) is 6. The molecular weight excluding hydrogens is 470 g/mol. The number of imidazole rings is 1. The molecule has 3 aromatic rings. The summed E-state index contributed by atoms with van der Waals surface area (Å²) in [7, 11) is 0. The molecule has 2 aliphatic rings. The van der Waals surface area contributed by atoms with Crippen molar-refractivity contribution in [2.75, 3.05) is 43.1 Å². The Hall–Kier alpha value is -3.25. The molecule has 1 aliphatic heterocycles. The van der Waals surface area contributed by atoms with Crippen LogP contribution in [-0.2, 0) is 9.53 Å². The second kappa shape index (κ2) is 10.8. The summed E-state index contributed by atoms with van der Waals surface area (Å²) in [6.45, 7) is 2.34. The minimum absolute atomic E-state index is 0.0830. The van der Waals surface area contributed by atoms with Gasteiger partial charge in [-0.05, 0) is 43.7 Å². The van der Waals surface area contributed by atoms with Gasteiger partial charge in [-0.25, -0.2) is 13.8 Å². The van der Waals surface area contributed by atoms with Gasteiger partial charge in [-0.2, -0.15) is 15.0 Å². The van der Waals surface area contributed by atoms with Crippen molar-refractivity contribution in [2.45, 2.75) is 44.6 Å². The SMILES string of the molecule is NCC(=O)CC1CCC(Nc2nc(N3CCOCC3)nc(-n3c(C(F)F)nc4ccccc43)n2)CC1. The van der Waals surface area contributed by atoms with Crippen LogP contribution in [0.4, 0.5) is 20.7 Å². The monoisotopic (exact) mass is 500 g/mol. The highest BCUT2D eigenvalue weighted by atomic mass is 19.3. The number of Topliss-reactive ketones (excluding diaryl/α,β-unsaturated/α-hetero) is 1. The van der Waals surface area contributed by atoms with Crippen molar-refractivity contribution in [3.63, 3.8) is 0 Å². The van der Waals surface area contributed by atoms with Crippen LogP contribution in [0.2, 0.25) is 0 Å². The number of morpholine rings is 1. The van der Waals surface area contributed by atoms with Gasteiger partial charge in [0.25, 0.3) is 6.43 Å². The van der Waals surface area contributed by atoms with Gasteiger partial charge in [-0.15, -0.1) is 0 Å². The number of carbonyl (C=O) groups is 1. The van der Waals surface area contributed by atoms with E-state index < -0.39 is 12.2 Å². The molecule has 2 fully saturated rings. The first-order chi connectivity index (χ1) is 17.5. The molecular formula is C24H30F2N8O2. The predicted molar refractivity (Wildman–Crippen MR) is 130 cm³/mol. The number of rotatable bonds is 8. The van der Waals surface area contributed by atoms with Crippen LogP contribution < -0.4 is 16.0 Å². The van der Waals surface area contributed by atoms with Gasteiger partial charge in [0, 0.05) is 25.6 Å². The number of aromatic nitrogens is 5. The quantitative estimate of drug-likeness (QED) is 0.480. The number of anilines is 2. The third kappa shape index (κ3) is 5.29. The average molecular weight is 501 g/mol. The van der Waals surface area contributed by atoms with Gasteiger partial charge < -0.3 is 20.7 Å². The lowest BCUT2D eigenvalue weighted by Gasteiger charge is -2.30. The van der Waals surface area contributed by atoms with E-state index in [1.165, 1.54) is 4.57 Å². The van der Waals surface area contributed by atoms with E-state index in [-0.39, 0.29) is 24.3 Å². The molecule has 192 valence electrons. The van der Waals surface area contributed by atoms with E-state index in [2.05, 4.69) is 25.3 Å². The van der Waals surface area contributed by atoms with Gasteiger partial charge in [-0.3, -0.25) is 9.36 Å². The zero-order valence-electron chi connectivity index (χ0n) is 19.9. The van der Waals surface area contributed by atoms with Crippen molar-refractivity contribution >= 4 is 28.7 Å². The Bertz CT molecular complexity index is 1210. The van der Waals surface area contributed by atoms with E-state index in [0.717, 1.165) is 25.7 Å². The van der Waals surface area contributed by atoms with Gasteiger partial charge in [0.05, 0.1) is 30.8 Å². The molecule has 0 radical (unpaired) electrons. The number of nitrogens with two attached hydrogens (primary N) is 1. The Morgan fingerprint density at radius 2 is 1.78 bits per heavy atom. The van der Waals surface area contributed by atoms with Gasteiger partial charge in [0.1, 0.15) is 5.78 Å². The van der Waals surface area contributed by atoms with Gasteiger partial charge in [0.2, 0.25) is 17.8 Å². The summed E-state index contributed by atoms with van der Waals surface area (Å²) in [6, 6.07) is 7.05. The standard InChI is InChI=1S/C24H30F2N8O2/c25-20(26)21-29-18-3-1-2-4-19(18)34(21)24-31-22(30-23(32-24)33-9-11-36-12-10-33)28-16-7-5-15(6-8-16)13-17(35)14-27/h1-4,15-16,20H,5-14,27H2,(H,28,30,31,32). The first-order valence-electron chi connectivity index (χ1n) is 12.3. The zero-order chi connectivity index (χ0) is 25.1. The molecule has 1 aromatic carbocycles. The molecule has 0 unspecified atom stereocenters. The average Bonchev–Trinajstić information content (AvgIpc) is 3.30. The minimum atomic E-state index is -2.80. The summed E-state index contributed by atoms with van der Waals surface area (Å²) in [5.41, 5.74) is 6.41. The maximum absolute atomic E-state index is 14.0. The second-order valence-electron chi connectivity index (χ2n) is 9.26. The first kappa shape index (κ1) is 24.4. The van der Waals surface area contributed by atoms with Crippen LogP contribution in [0.15, 0.2) is 24.3 Å². The fraction of sp³-hybridized carbons (Fsp3) is 0.542. The number of hydrogen-bond acceptors (Lipinski definition) is 9. The molecule has 1 saturated carbocycles. The summed E-state index contributed by atoms with van der Waals surface area (Å²) in [5, 5.41) is 3.40. The molecule has 2 aromatic heterocycles. The topological polar surface area (TPSA) is 124 Å². The summed E-state index contributed by atoms with van der Waals surface area (Å²) >= 11 is 0. The molecule has 0 spiro atoms. The molecule has 36 heavy (non-hydrogen) atoms. The number of nitrogens with one attached hydrogen (secondary N) is 1. The highest BCUT2D eigenvalue weighted by molar-refractivity contribution is 5.80. The lowest BCUT2D eigenvalue weighted by Crippen LogP contribution is -2.38. The zero-order valence-corrected chi connectivity index (χ0v) is 19.9. The molecule has 0 atom stereocenters. The number of ketones is 1. The lowest BCUT2D eigenvalue weighted by atomic mass is 9.83. The van der Waals surface area contributed by atoms with Gasteiger partial charge in [0.15, 0.2) is 5.82 Å². The van der Waals surface area contributed by atoms with Crippen LogP contribution in [0, 0.1) is 5.92 Å². The van der Waals surface area contributed by atoms with E-state index in [0.29, 0.717) is 61.6 Å². The first-order valence-corrected chi connectivity index (χ1v) is 12.3. The molecule has 12 heteroatoms. The highest BCUT2D eigenvalue weighted by Gasteiger charge is 2.27. The molecule has 1 saturated heterocycles. The second-order valence-corrected chi connectivity index (χ2v) is 9.26. The number of halogens is 2. The fourth-order valence-electron chi connectivity index (χ4n) is 4.92. The van der Waals surface area contributed by atoms with Crippen LogP contribution in [-0.4, -0.2) is 69.2 Å². The van der Waals surface area contributed by atoms with Gasteiger partial charge >= 0.3 is 0 Å². The molecule has 1 aliphatic carbocycles. The van der Waals surface area contributed by atoms with Crippen molar-refractivity contribution < 1.29 is 18.3 Å². The largest absolute Gasteiger partial charge is 0.378 e. The Labute approximate surface area is 207 Å². The normalized spacial score (nSPS) is 20.7. The molecule has 10 nitrogen and oxygen atoms in total. The summed E-state index contributed by atoms with van der Waals surface area (Å²) in [4.78, 5) is 31.6. The van der Waals surface area contributed by atoms with Crippen molar-refractivity contribution in [3.05, 3.63) is 30.1 Å². The number of para-hydroxylation sites is 2. The third-order valence-corrected chi connectivity index (χ3v) is 6.81. The van der Waals surface area contributed by atoms with Crippen molar-refractivity contribution in [2.24, 2.45) is 11.7 Å². The highest BCUT2D eigenvalue weighted by Crippen LogP contribution is 2.30. The molecule has 0 bridgehead atoms. The van der Waals surface area contributed by atoms with Crippen LogP contribution in [0.25, 0.3) is 17.0 Å². The number of benzene rings is 1. The van der Waals surface area contributed by atoms with Gasteiger partial charge in [-0.1, -0.05) is 12.1 Å². The number of fused-ring (bicyclic) bond motifs is 1. The number of ether oxygens (including phenoxy) is 1. The molecule has 3 heterocycles. The predicted octanol–water partition coefficient (Wildman–Crippen LogP) is 2.87. The van der Waals surface area contributed by atoms with E-state index >= 15 is 0 Å². The van der Waals surface area contributed by atoms with E-state index in [4.69, 9.17) is 10.5 Å². The van der Waals surface area contributed by atoms with Crippen molar-refractivity contribution in [3.8, 4) is 5.95 Å². The van der Waals surface area contributed by atoms with Crippen molar-refractivity contribution in [1.82, 2.24) is 24.5 Å². The van der Waals surface area contributed by atoms with Crippen LogP contribution >= 0.6 is 0 Å². The maximum atomic E-state index is 14.0. The van der Waals surface area contributed by atoms with E-state index in [1.54, 1.807) is 24.3 Å². The summed E-state index contributed by atoms with van der Waals surface area (Å²) < 4.78 is 34.8. The summed E-state index contributed by atoms with van der Waals surface area (Å²) in [5.74, 6) is 0.854. The maximum Gasteiger partial charge on any atom is 0.296 e. The fourth-order valence-corrected chi connectivity index (χ4v) is 4.92. The van der Waals surface area contributed by atoms with Crippen LogP contribution in [0.5, 0.6) is 0 Å². The number of alkyl halides is 2. The Morgan fingerprint density at radius 1 is 1.06 bits per heavy atom. The lowest BCUT2D eigenvalue weighted by molar-refractivity contribution is -0.118. The van der Waals surface area contributed by atoms with E-state index in [1.807, 2.05) is 4.90 Å². The Kier molecular flexibility index (Phi) is 7.33. The number of carbonyl (C=O) groups excluding carboxylic acids is 1. The van der Waals surface area contributed by atoms with Crippen molar-refractivity contribution in [1.29, 1.82) is 0 Å². The van der Waals surface area contributed by atoms with Crippen LogP contribution in [0.1, 0.15) is 44.4 Å². The molecule has 3 N–H and O–H groups in total. The smallest absolute Gasteiger partial charge is 0.296 e. The third-order valence-electron chi connectivity index (χ3n) is 6.81. The van der Waals surface area contributed by atoms with Crippen LogP contribution in [0.3, 0.4) is 0 Å². The molecule has 5 rings (SSSR count). The molecule has 0 amide bonds. The Balaban J connectivity index is 1.46. The number of hydrogen-bond donors (Lipinski definition) is 2. The Morgan fingerprint density at radius 3 is 2.50 bits per heavy atom. The summed E-state index contributed by atoms with van der Waals surface area (Å²) in [6.07, 6.45) is 1.23.